The zero-order chi connectivity index (χ0) is 18.5. The molecule has 134 valence electrons. The molecule has 1 amide bonds. The molecule has 0 radical (unpaired) electrons. The molecular weight excluding hydrogens is 322 g/mol. The highest BCUT2D eigenvalue weighted by Gasteiger charge is 2.36. The first-order chi connectivity index (χ1) is 11.6. The van der Waals surface area contributed by atoms with E-state index < -0.39 is 11.2 Å². The molecule has 1 saturated heterocycles. The number of aryl methyl sites for hydroxylation is 1. The molecule has 2 N–H and O–H groups in total. The lowest BCUT2D eigenvalue weighted by molar-refractivity contribution is 0.0527. The van der Waals surface area contributed by atoms with Crippen LogP contribution in [0.3, 0.4) is 0 Å². The first-order valence-corrected chi connectivity index (χ1v) is 8.25. The van der Waals surface area contributed by atoms with Crippen molar-refractivity contribution in [2.24, 2.45) is 25.2 Å². The van der Waals surface area contributed by atoms with Crippen LogP contribution in [0.4, 0.5) is 0 Å². The van der Waals surface area contributed by atoms with Crippen molar-refractivity contribution in [3.05, 3.63) is 38.7 Å². The molecule has 3 rings (SSSR count). The molecule has 0 aromatic carbocycles. The molecule has 8 heteroatoms. The molecule has 1 fully saturated rings. The Kier molecular flexibility index (Phi) is 4.03. The van der Waals surface area contributed by atoms with E-state index >= 15 is 0 Å². The number of hydrogen-bond donors (Lipinski definition) is 1. The van der Waals surface area contributed by atoms with Crippen LogP contribution in [0.1, 0.15) is 30.8 Å². The van der Waals surface area contributed by atoms with Crippen molar-refractivity contribution in [1.82, 2.24) is 19.0 Å². The maximum atomic E-state index is 12.8. The second-order valence-corrected chi connectivity index (χ2v) is 7.38. The molecule has 2 aromatic rings. The van der Waals surface area contributed by atoms with Crippen molar-refractivity contribution in [2.75, 3.05) is 13.1 Å². The highest BCUT2D eigenvalue weighted by Crippen LogP contribution is 2.28. The summed E-state index contributed by atoms with van der Waals surface area (Å²) in [6.45, 7) is 5.19. The van der Waals surface area contributed by atoms with E-state index in [-0.39, 0.29) is 28.7 Å². The number of carbonyl (C=O) groups is 1. The number of nitrogens with zero attached hydrogens (tertiary/aromatic N) is 4. The van der Waals surface area contributed by atoms with Crippen molar-refractivity contribution in [1.29, 1.82) is 0 Å². The predicted molar refractivity (Wildman–Crippen MR) is 94.5 cm³/mol. The summed E-state index contributed by atoms with van der Waals surface area (Å²) in [7, 11) is 2.95. The van der Waals surface area contributed by atoms with Crippen molar-refractivity contribution in [2.45, 2.75) is 26.3 Å². The van der Waals surface area contributed by atoms with Gasteiger partial charge in [0.1, 0.15) is 11.3 Å². The molecule has 1 unspecified atom stereocenters. The Labute approximate surface area is 144 Å². The lowest BCUT2D eigenvalue weighted by Crippen LogP contribution is -2.54. The average molecular weight is 345 g/mol. The molecule has 1 aliphatic rings. The third-order valence-electron chi connectivity index (χ3n) is 5.12. The first kappa shape index (κ1) is 17.3. The zero-order valence-corrected chi connectivity index (χ0v) is 14.9. The second kappa shape index (κ2) is 5.80. The summed E-state index contributed by atoms with van der Waals surface area (Å²) in [6, 6.07) is 3.14. The lowest BCUT2D eigenvalue weighted by Gasteiger charge is -2.42. The van der Waals surface area contributed by atoms with Crippen molar-refractivity contribution in [3.63, 3.8) is 0 Å². The highest BCUT2D eigenvalue weighted by atomic mass is 16.2. The summed E-state index contributed by atoms with van der Waals surface area (Å²) >= 11 is 0. The number of nitrogens with two attached hydrogens (primary N) is 1. The molecule has 0 spiro atoms. The SMILES string of the molecule is Cn1c(=O)c2ccc(C(=O)N3CCC(N)C(C)(C)C3)nc2n(C)c1=O. The molecule has 25 heavy (non-hydrogen) atoms. The quantitative estimate of drug-likeness (QED) is 0.773. The molecular formula is C17H23N5O3. The van der Waals surface area contributed by atoms with Crippen LogP contribution < -0.4 is 17.0 Å². The third kappa shape index (κ3) is 2.76. The van der Waals surface area contributed by atoms with Crippen LogP contribution in [-0.2, 0) is 14.1 Å². The van der Waals surface area contributed by atoms with E-state index in [0.29, 0.717) is 18.5 Å². The number of hydrogen-bond acceptors (Lipinski definition) is 5. The third-order valence-corrected chi connectivity index (χ3v) is 5.12. The Morgan fingerprint density at radius 3 is 2.56 bits per heavy atom. The number of aromatic nitrogens is 3. The van der Waals surface area contributed by atoms with Crippen molar-refractivity contribution < 1.29 is 4.79 Å². The molecule has 3 heterocycles. The lowest BCUT2D eigenvalue weighted by atomic mass is 9.79. The number of amides is 1. The van der Waals surface area contributed by atoms with Crippen LogP contribution in [0.15, 0.2) is 21.7 Å². The van der Waals surface area contributed by atoms with E-state index in [9.17, 15) is 14.4 Å². The minimum Gasteiger partial charge on any atom is -0.337 e. The summed E-state index contributed by atoms with van der Waals surface area (Å²) in [5.41, 5.74) is 5.50. The molecule has 0 saturated carbocycles. The first-order valence-electron chi connectivity index (χ1n) is 8.25. The summed E-state index contributed by atoms with van der Waals surface area (Å²) in [4.78, 5) is 43.2. The molecule has 0 bridgehead atoms. The predicted octanol–water partition coefficient (Wildman–Crippen LogP) is -0.168. The summed E-state index contributed by atoms with van der Waals surface area (Å²) in [5.74, 6) is -0.213. The number of carbonyl (C=O) groups excluding carboxylic acids is 1. The van der Waals surface area contributed by atoms with E-state index in [4.69, 9.17) is 5.73 Å². The van der Waals surface area contributed by atoms with Gasteiger partial charge in [0.15, 0.2) is 0 Å². The molecule has 1 atom stereocenters. The van der Waals surface area contributed by atoms with Crippen molar-refractivity contribution in [3.8, 4) is 0 Å². The van der Waals surface area contributed by atoms with Crippen LogP contribution in [-0.4, -0.2) is 44.1 Å². The fourth-order valence-electron chi connectivity index (χ4n) is 3.28. The molecule has 2 aromatic heterocycles. The topological polar surface area (TPSA) is 103 Å². The second-order valence-electron chi connectivity index (χ2n) is 7.38. The Morgan fingerprint density at radius 2 is 1.92 bits per heavy atom. The van der Waals surface area contributed by atoms with Gasteiger partial charge in [-0.05, 0) is 24.0 Å². The fourth-order valence-corrected chi connectivity index (χ4v) is 3.28. The van der Waals surface area contributed by atoms with Crippen LogP contribution >= 0.6 is 0 Å². The van der Waals surface area contributed by atoms with Gasteiger partial charge in [0.05, 0.1) is 5.39 Å². The van der Waals surface area contributed by atoms with E-state index in [2.05, 4.69) is 4.98 Å². The van der Waals surface area contributed by atoms with Gasteiger partial charge in [-0.3, -0.25) is 18.7 Å². The van der Waals surface area contributed by atoms with Crippen molar-refractivity contribution >= 4 is 16.9 Å². The van der Waals surface area contributed by atoms with Crippen LogP contribution in [0.25, 0.3) is 11.0 Å². The summed E-state index contributed by atoms with van der Waals surface area (Å²) in [6.07, 6.45) is 0.728. The monoisotopic (exact) mass is 345 g/mol. The minimum absolute atomic E-state index is 0.0463. The summed E-state index contributed by atoms with van der Waals surface area (Å²) in [5, 5.41) is 0.308. The van der Waals surface area contributed by atoms with Crippen LogP contribution in [0, 0.1) is 5.41 Å². The Bertz CT molecular complexity index is 973. The largest absolute Gasteiger partial charge is 0.337 e. The average Bonchev–Trinajstić information content (AvgIpc) is 2.59. The van der Waals surface area contributed by atoms with E-state index in [1.807, 2.05) is 13.8 Å². The highest BCUT2D eigenvalue weighted by molar-refractivity contribution is 5.94. The van der Waals surface area contributed by atoms with E-state index in [0.717, 1.165) is 11.0 Å². The summed E-state index contributed by atoms with van der Waals surface area (Å²) < 4.78 is 2.31. The normalized spacial score (nSPS) is 20.0. The molecule has 1 aliphatic heterocycles. The maximum absolute atomic E-state index is 12.8. The zero-order valence-electron chi connectivity index (χ0n) is 14.9. The van der Waals surface area contributed by atoms with Gasteiger partial charge >= 0.3 is 5.69 Å². The van der Waals surface area contributed by atoms with E-state index in [1.165, 1.54) is 24.7 Å². The van der Waals surface area contributed by atoms with Gasteiger partial charge < -0.3 is 10.6 Å². The van der Waals surface area contributed by atoms with Crippen LogP contribution in [0.5, 0.6) is 0 Å². The smallest absolute Gasteiger partial charge is 0.332 e. The van der Waals surface area contributed by atoms with Gasteiger partial charge in [0.2, 0.25) is 0 Å². The number of likely N-dealkylation sites (tertiary alicyclic amines) is 1. The standard InChI is InChI=1S/C17H23N5O3/c1-17(2)9-22(8-7-12(17)18)15(24)11-6-5-10-13(19-11)20(3)16(25)21(4)14(10)23/h5-6,12H,7-9,18H2,1-4H3. The minimum atomic E-state index is -0.473. The van der Waals surface area contributed by atoms with Gasteiger partial charge in [0.25, 0.3) is 11.5 Å². The Hall–Kier alpha value is -2.48. The Balaban J connectivity index is 2.04. The molecule has 8 nitrogen and oxygen atoms in total. The van der Waals surface area contributed by atoms with Gasteiger partial charge in [0, 0.05) is 33.2 Å². The number of pyridine rings is 1. The maximum Gasteiger partial charge on any atom is 0.332 e. The number of piperidine rings is 1. The van der Waals surface area contributed by atoms with Gasteiger partial charge in [-0.15, -0.1) is 0 Å². The fraction of sp³-hybridized carbons (Fsp3) is 0.529. The molecule has 0 aliphatic carbocycles. The number of fused-ring (bicyclic) bond motifs is 1. The van der Waals surface area contributed by atoms with Gasteiger partial charge in [-0.25, -0.2) is 9.78 Å². The van der Waals surface area contributed by atoms with Gasteiger partial charge in [-0.1, -0.05) is 13.8 Å². The van der Waals surface area contributed by atoms with Gasteiger partial charge in [-0.2, -0.15) is 0 Å². The van der Waals surface area contributed by atoms with Crippen LogP contribution in [0.2, 0.25) is 0 Å². The Morgan fingerprint density at radius 1 is 1.24 bits per heavy atom. The van der Waals surface area contributed by atoms with E-state index in [1.54, 1.807) is 11.0 Å². The number of rotatable bonds is 1.